The van der Waals surface area contributed by atoms with Gasteiger partial charge in [0.15, 0.2) is 4.34 Å². The van der Waals surface area contributed by atoms with Crippen LogP contribution in [-0.4, -0.2) is 41.5 Å². The molecule has 4 nitrogen and oxygen atoms in total. The van der Waals surface area contributed by atoms with Gasteiger partial charge in [0.25, 0.3) is 5.91 Å². The van der Waals surface area contributed by atoms with Crippen LogP contribution in [0.2, 0.25) is 0 Å². The zero-order valence-electron chi connectivity index (χ0n) is 12.1. The zero-order chi connectivity index (χ0) is 14.9. The number of benzene rings is 1. The standard InChI is InChI=1S/C16H17N3OS2/c20-15(18-13-10-19-7-6-11(13)9-19)14-8-17-16(22-14)21-12-4-2-1-3-5-12/h1-5,8,11,13H,6-7,9-10H2,(H,18,20)/t11-,13+/m1/s1. The largest absolute Gasteiger partial charge is 0.347 e. The zero-order valence-corrected chi connectivity index (χ0v) is 13.7. The van der Waals surface area contributed by atoms with E-state index in [1.807, 2.05) is 18.2 Å². The summed E-state index contributed by atoms with van der Waals surface area (Å²) in [6, 6.07) is 10.4. The van der Waals surface area contributed by atoms with Crippen molar-refractivity contribution >= 4 is 29.0 Å². The van der Waals surface area contributed by atoms with Crippen LogP contribution in [0.1, 0.15) is 16.1 Å². The molecule has 1 unspecified atom stereocenters. The van der Waals surface area contributed by atoms with E-state index in [0.717, 1.165) is 22.3 Å². The summed E-state index contributed by atoms with van der Waals surface area (Å²) in [4.78, 5) is 21.0. The summed E-state index contributed by atoms with van der Waals surface area (Å²) in [7, 11) is 0. The summed E-state index contributed by atoms with van der Waals surface area (Å²) in [5, 5.41) is 3.18. The molecule has 2 bridgehead atoms. The van der Waals surface area contributed by atoms with Gasteiger partial charge < -0.3 is 10.2 Å². The molecule has 6 heteroatoms. The van der Waals surface area contributed by atoms with E-state index < -0.39 is 0 Å². The van der Waals surface area contributed by atoms with Gasteiger partial charge in [-0.15, -0.1) is 11.3 Å². The average molecular weight is 331 g/mol. The molecule has 0 spiro atoms. The Morgan fingerprint density at radius 1 is 1.32 bits per heavy atom. The summed E-state index contributed by atoms with van der Waals surface area (Å²) in [6.07, 6.45) is 2.90. The molecule has 114 valence electrons. The molecule has 2 aliphatic heterocycles. The molecule has 2 saturated heterocycles. The second-order valence-electron chi connectivity index (χ2n) is 5.79. The molecule has 1 N–H and O–H groups in total. The molecule has 2 aliphatic rings. The van der Waals surface area contributed by atoms with E-state index in [-0.39, 0.29) is 5.91 Å². The van der Waals surface area contributed by atoms with Gasteiger partial charge in [-0.3, -0.25) is 4.79 Å². The Labute approximate surface area is 137 Å². The van der Waals surface area contributed by atoms with Crippen molar-refractivity contribution in [2.45, 2.75) is 21.7 Å². The van der Waals surface area contributed by atoms with E-state index in [2.05, 4.69) is 27.3 Å². The van der Waals surface area contributed by atoms with Gasteiger partial charge in [0.2, 0.25) is 0 Å². The molecule has 3 heterocycles. The Morgan fingerprint density at radius 2 is 2.18 bits per heavy atom. The number of piperidine rings is 1. The van der Waals surface area contributed by atoms with Crippen LogP contribution in [0, 0.1) is 5.92 Å². The van der Waals surface area contributed by atoms with Crippen LogP contribution in [0.25, 0.3) is 0 Å². The van der Waals surface area contributed by atoms with Crippen LogP contribution < -0.4 is 5.32 Å². The molecule has 1 aromatic carbocycles. The normalized spacial score (nSPS) is 26.3. The molecule has 0 aliphatic carbocycles. The Bertz CT molecular complexity index is 673. The van der Waals surface area contributed by atoms with Crippen LogP contribution in [-0.2, 0) is 0 Å². The summed E-state index contributed by atoms with van der Waals surface area (Å²) in [6.45, 7) is 3.33. The predicted molar refractivity (Wildman–Crippen MR) is 88.5 cm³/mol. The minimum Gasteiger partial charge on any atom is -0.347 e. The van der Waals surface area contributed by atoms with Gasteiger partial charge in [0.05, 0.1) is 6.20 Å². The Hall–Kier alpha value is -1.37. The summed E-state index contributed by atoms with van der Waals surface area (Å²) >= 11 is 3.07. The smallest absolute Gasteiger partial charge is 0.263 e. The highest BCUT2D eigenvalue weighted by Gasteiger charge is 2.38. The number of carbonyl (C=O) groups excluding carboxylic acids is 1. The monoisotopic (exact) mass is 331 g/mol. The average Bonchev–Trinajstić information content (AvgIpc) is 3.24. The second kappa shape index (κ2) is 6.02. The highest BCUT2D eigenvalue weighted by molar-refractivity contribution is 8.01. The van der Waals surface area contributed by atoms with Gasteiger partial charge in [-0.25, -0.2) is 4.98 Å². The van der Waals surface area contributed by atoms with Crippen molar-refractivity contribution in [3.63, 3.8) is 0 Å². The minimum atomic E-state index is 0.0242. The number of nitrogens with one attached hydrogen (secondary N) is 1. The molecule has 22 heavy (non-hydrogen) atoms. The molecule has 1 aromatic heterocycles. The van der Waals surface area contributed by atoms with Gasteiger partial charge in [-0.05, 0) is 31.0 Å². The van der Waals surface area contributed by atoms with Gasteiger partial charge in [0, 0.05) is 24.0 Å². The predicted octanol–water partition coefficient (Wildman–Crippen LogP) is 2.73. The summed E-state index contributed by atoms with van der Waals surface area (Å²) in [5.41, 5.74) is 0. The fraction of sp³-hybridized carbons (Fsp3) is 0.375. The van der Waals surface area contributed by atoms with E-state index in [9.17, 15) is 4.79 Å². The number of fused-ring (bicyclic) bond motifs is 2. The highest BCUT2D eigenvalue weighted by Crippen LogP contribution is 2.32. The van der Waals surface area contributed by atoms with E-state index in [1.54, 1.807) is 18.0 Å². The van der Waals surface area contributed by atoms with E-state index in [4.69, 9.17) is 0 Å². The van der Waals surface area contributed by atoms with Crippen LogP contribution >= 0.6 is 23.1 Å². The van der Waals surface area contributed by atoms with E-state index in [0.29, 0.717) is 16.8 Å². The number of aromatic nitrogens is 1. The molecule has 2 fully saturated rings. The van der Waals surface area contributed by atoms with Gasteiger partial charge in [-0.1, -0.05) is 30.0 Å². The third-order valence-corrected chi connectivity index (χ3v) is 6.38. The number of hydrogen-bond acceptors (Lipinski definition) is 5. The third kappa shape index (κ3) is 2.91. The number of hydrogen-bond donors (Lipinski definition) is 1. The van der Waals surface area contributed by atoms with Crippen molar-refractivity contribution in [3.8, 4) is 0 Å². The van der Waals surface area contributed by atoms with Crippen LogP contribution in [0.15, 0.2) is 45.8 Å². The third-order valence-electron chi connectivity index (χ3n) is 4.31. The molecule has 2 aromatic rings. The van der Waals surface area contributed by atoms with Gasteiger partial charge in [-0.2, -0.15) is 0 Å². The maximum absolute atomic E-state index is 12.4. The fourth-order valence-electron chi connectivity index (χ4n) is 3.19. The molecule has 0 saturated carbocycles. The Morgan fingerprint density at radius 3 is 2.91 bits per heavy atom. The number of carbonyl (C=O) groups is 1. The minimum absolute atomic E-state index is 0.0242. The first kappa shape index (κ1) is 14.2. The van der Waals surface area contributed by atoms with Gasteiger partial charge >= 0.3 is 0 Å². The first-order valence-corrected chi connectivity index (χ1v) is 9.13. The fourth-order valence-corrected chi connectivity index (χ4v) is 5.06. The Balaban J connectivity index is 1.39. The molecular weight excluding hydrogens is 314 g/mol. The van der Waals surface area contributed by atoms with Crippen LogP contribution in [0.3, 0.4) is 0 Å². The lowest BCUT2D eigenvalue weighted by Gasteiger charge is -2.22. The van der Waals surface area contributed by atoms with Crippen molar-refractivity contribution in [3.05, 3.63) is 41.4 Å². The van der Waals surface area contributed by atoms with E-state index in [1.165, 1.54) is 24.3 Å². The topological polar surface area (TPSA) is 45.2 Å². The number of thiazole rings is 1. The van der Waals surface area contributed by atoms with Crippen molar-refractivity contribution in [2.75, 3.05) is 19.6 Å². The van der Waals surface area contributed by atoms with Gasteiger partial charge in [0.1, 0.15) is 4.88 Å². The molecule has 0 radical (unpaired) electrons. The number of nitrogens with zero attached hydrogens (tertiary/aromatic N) is 2. The summed E-state index contributed by atoms with van der Waals surface area (Å²) < 4.78 is 0.910. The number of rotatable bonds is 4. The SMILES string of the molecule is O=C(N[C@H]1CN2CC[C@@H]1C2)c1cnc(Sc2ccccc2)s1. The van der Waals surface area contributed by atoms with Crippen molar-refractivity contribution in [1.29, 1.82) is 0 Å². The number of amides is 1. The second-order valence-corrected chi connectivity index (χ2v) is 8.15. The Kier molecular flexibility index (Phi) is 3.90. The van der Waals surface area contributed by atoms with E-state index >= 15 is 0 Å². The lowest BCUT2D eigenvalue weighted by Crippen LogP contribution is -2.42. The lowest BCUT2D eigenvalue weighted by molar-refractivity contribution is 0.0928. The van der Waals surface area contributed by atoms with Crippen LogP contribution in [0.4, 0.5) is 0 Å². The quantitative estimate of drug-likeness (QED) is 0.936. The molecule has 4 rings (SSSR count). The van der Waals surface area contributed by atoms with Crippen LogP contribution in [0.5, 0.6) is 0 Å². The van der Waals surface area contributed by atoms with Crippen molar-refractivity contribution < 1.29 is 4.79 Å². The molecule has 1 amide bonds. The lowest BCUT2D eigenvalue weighted by atomic mass is 10.00. The van der Waals surface area contributed by atoms with Crippen molar-refractivity contribution in [2.24, 2.45) is 5.92 Å². The maximum atomic E-state index is 12.4. The molecule has 3 atom stereocenters. The maximum Gasteiger partial charge on any atom is 0.263 e. The first-order chi connectivity index (χ1) is 10.8. The highest BCUT2D eigenvalue weighted by atomic mass is 32.2. The summed E-state index contributed by atoms with van der Waals surface area (Å²) in [5.74, 6) is 0.659. The van der Waals surface area contributed by atoms with Crippen molar-refractivity contribution in [1.82, 2.24) is 15.2 Å². The first-order valence-electron chi connectivity index (χ1n) is 7.50. The molecular formula is C16H17N3OS2.